The van der Waals surface area contributed by atoms with Crippen molar-refractivity contribution in [1.29, 1.82) is 0 Å². The first kappa shape index (κ1) is 17.2. The van der Waals surface area contributed by atoms with E-state index in [2.05, 4.69) is 22.3 Å². The van der Waals surface area contributed by atoms with Gasteiger partial charge in [-0.05, 0) is 6.42 Å². The molecular weight excluding hydrogens is 252 g/mol. The Morgan fingerprint density at radius 2 is 1.89 bits per heavy atom. The van der Waals surface area contributed by atoms with Crippen LogP contribution < -0.4 is 10.6 Å². The number of aliphatic carboxylic acids is 1. The number of carboxylic acids is 1. The van der Waals surface area contributed by atoms with Crippen LogP contribution in [0.3, 0.4) is 0 Å². The molecule has 2 amide bonds. The van der Waals surface area contributed by atoms with Gasteiger partial charge in [-0.25, -0.2) is 9.59 Å². The summed E-state index contributed by atoms with van der Waals surface area (Å²) < 4.78 is 4.36. The van der Waals surface area contributed by atoms with Gasteiger partial charge in [0.1, 0.15) is 6.04 Å². The zero-order valence-corrected chi connectivity index (χ0v) is 11.4. The topological polar surface area (TPSA) is 105 Å². The summed E-state index contributed by atoms with van der Waals surface area (Å²) in [5.74, 6) is -1.96. The van der Waals surface area contributed by atoms with Gasteiger partial charge in [0.05, 0.1) is 13.5 Å². The SMILES string of the molecule is CCCCCCNC(=O)N[C@@H](CC(=O)OC)C(=O)O. The normalized spacial score (nSPS) is 11.5. The number of carboxylic acid groups (broad SMARTS) is 1. The summed E-state index contributed by atoms with van der Waals surface area (Å²) in [4.78, 5) is 33.3. The lowest BCUT2D eigenvalue weighted by molar-refractivity contribution is -0.147. The van der Waals surface area contributed by atoms with E-state index in [-0.39, 0.29) is 0 Å². The average molecular weight is 274 g/mol. The van der Waals surface area contributed by atoms with E-state index in [0.717, 1.165) is 32.8 Å². The number of carbonyl (C=O) groups is 3. The maximum atomic E-state index is 11.4. The molecular formula is C12H22N2O5. The van der Waals surface area contributed by atoms with Gasteiger partial charge in [-0.1, -0.05) is 26.2 Å². The predicted molar refractivity (Wildman–Crippen MR) is 68.7 cm³/mol. The molecule has 0 radical (unpaired) electrons. The molecule has 0 aromatic carbocycles. The lowest BCUT2D eigenvalue weighted by atomic mass is 10.2. The van der Waals surface area contributed by atoms with Crippen LogP contribution >= 0.6 is 0 Å². The largest absolute Gasteiger partial charge is 0.480 e. The summed E-state index contributed by atoms with van der Waals surface area (Å²) in [6.45, 7) is 2.57. The van der Waals surface area contributed by atoms with E-state index in [1.165, 1.54) is 0 Å². The molecule has 0 unspecified atom stereocenters. The quantitative estimate of drug-likeness (QED) is 0.427. The number of hydrogen-bond donors (Lipinski definition) is 3. The van der Waals surface area contributed by atoms with Gasteiger partial charge in [-0.3, -0.25) is 4.79 Å². The lowest BCUT2D eigenvalue weighted by Gasteiger charge is -2.14. The maximum Gasteiger partial charge on any atom is 0.326 e. The Bertz CT molecular complexity index is 306. The highest BCUT2D eigenvalue weighted by molar-refractivity contribution is 5.86. The molecule has 0 heterocycles. The van der Waals surface area contributed by atoms with Crippen molar-refractivity contribution >= 4 is 18.0 Å². The van der Waals surface area contributed by atoms with E-state index >= 15 is 0 Å². The van der Waals surface area contributed by atoms with E-state index in [1.807, 2.05) is 0 Å². The maximum absolute atomic E-state index is 11.4. The summed E-state index contributed by atoms with van der Waals surface area (Å²) in [6.07, 6.45) is 3.67. The Kier molecular flexibility index (Phi) is 9.20. The lowest BCUT2D eigenvalue weighted by Crippen LogP contribution is -2.47. The van der Waals surface area contributed by atoms with Crippen LogP contribution in [-0.4, -0.2) is 42.8 Å². The van der Waals surface area contributed by atoms with Crippen LogP contribution in [0, 0.1) is 0 Å². The third-order valence-corrected chi connectivity index (χ3v) is 2.52. The smallest absolute Gasteiger partial charge is 0.326 e. The first-order valence-electron chi connectivity index (χ1n) is 6.35. The number of unbranched alkanes of at least 4 members (excludes halogenated alkanes) is 3. The van der Waals surface area contributed by atoms with E-state index in [4.69, 9.17) is 5.11 Å². The zero-order chi connectivity index (χ0) is 14.7. The minimum absolute atomic E-state index is 0.394. The van der Waals surface area contributed by atoms with Crippen molar-refractivity contribution in [3.05, 3.63) is 0 Å². The monoisotopic (exact) mass is 274 g/mol. The second-order valence-corrected chi connectivity index (χ2v) is 4.13. The molecule has 0 aliphatic heterocycles. The fourth-order valence-corrected chi connectivity index (χ4v) is 1.41. The fraction of sp³-hybridized carbons (Fsp3) is 0.750. The van der Waals surface area contributed by atoms with Crippen molar-refractivity contribution < 1.29 is 24.2 Å². The third-order valence-electron chi connectivity index (χ3n) is 2.52. The Morgan fingerprint density at radius 3 is 2.42 bits per heavy atom. The summed E-state index contributed by atoms with van der Waals surface area (Å²) >= 11 is 0. The molecule has 110 valence electrons. The Hall–Kier alpha value is -1.79. The van der Waals surface area contributed by atoms with Gasteiger partial charge >= 0.3 is 18.0 Å². The molecule has 0 saturated heterocycles. The number of rotatable bonds is 9. The standard InChI is InChI=1S/C12H22N2O5/c1-3-4-5-6-7-13-12(18)14-9(11(16)17)8-10(15)19-2/h9H,3-8H2,1-2H3,(H,16,17)(H2,13,14,18)/t9-/m0/s1. The van der Waals surface area contributed by atoms with Crippen molar-refractivity contribution in [1.82, 2.24) is 10.6 Å². The summed E-state index contributed by atoms with van der Waals surface area (Å²) in [5, 5.41) is 13.6. The highest BCUT2D eigenvalue weighted by atomic mass is 16.5. The molecule has 0 aliphatic carbocycles. The van der Waals surface area contributed by atoms with Crippen molar-refractivity contribution in [3.8, 4) is 0 Å². The molecule has 0 rings (SSSR count). The zero-order valence-electron chi connectivity index (χ0n) is 11.4. The number of hydrogen-bond acceptors (Lipinski definition) is 4. The number of amides is 2. The molecule has 0 saturated carbocycles. The first-order chi connectivity index (χ1) is 9.01. The Labute approximate surface area is 112 Å². The second kappa shape index (κ2) is 10.2. The van der Waals surface area contributed by atoms with E-state index in [9.17, 15) is 14.4 Å². The van der Waals surface area contributed by atoms with Crippen LogP contribution in [0.5, 0.6) is 0 Å². The summed E-state index contributed by atoms with van der Waals surface area (Å²) in [6, 6.07) is -1.86. The highest BCUT2D eigenvalue weighted by Crippen LogP contribution is 1.98. The highest BCUT2D eigenvalue weighted by Gasteiger charge is 2.23. The van der Waals surface area contributed by atoms with Crippen LogP contribution in [0.4, 0.5) is 4.79 Å². The molecule has 0 aromatic rings. The van der Waals surface area contributed by atoms with Crippen molar-refractivity contribution in [3.63, 3.8) is 0 Å². The second-order valence-electron chi connectivity index (χ2n) is 4.13. The Balaban J connectivity index is 3.97. The molecule has 0 aliphatic rings. The van der Waals surface area contributed by atoms with Gasteiger partial charge in [0.25, 0.3) is 0 Å². The van der Waals surface area contributed by atoms with Crippen molar-refractivity contribution in [2.75, 3.05) is 13.7 Å². The van der Waals surface area contributed by atoms with Gasteiger partial charge in [0.15, 0.2) is 0 Å². The first-order valence-corrected chi connectivity index (χ1v) is 6.35. The molecule has 3 N–H and O–H groups in total. The minimum Gasteiger partial charge on any atom is -0.480 e. The van der Waals surface area contributed by atoms with Crippen LogP contribution in [0.15, 0.2) is 0 Å². The average Bonchev–Trinajstić information content (AvgIpc) is 2.37. The number of carbonyl (C=O) groups excluding carboxylic acids is 2. The molecule has 7 heteroatoms. The molecule has 1 atom stereocenters. The van der Waals surface area contributed by atoms with Crippen LogP contribution in [0.25, 0.3) is 0 Å². The van der Waals surface area contributed by atoms with Gasteiger partial charge in [0.2, 0.25) is 0 Å². The number of ether oxygens (including phenoxy) is 1. The third kappa shape index (κ3) is 8.87. The van der Waals surface area contributed by atoms with Crippen LogP contribution in [0.1, 0.15) is 39.0 Å². The van der Waals surface area contributed by atoms with Crippen molar-refractivity contribution in [2.45, 2.75) is 45.1 Å². The van der Waals surface area contributed by atoms with Crippen LogP contribution in [0.2, 0.25) is 0 Å². The number of urea groups is 1. The number of nitrogens with one attached hydrogen (secondary N) is 2. The molecule has 19 heavy (non-hydrogen) atoms. The van der Waals surface area contributed by atoms with Gasteiger partial charge in [0, 0.05) is 6.54 Å². The molecule has 0 fully saturated rings. The predicted octanol–water partition coefficient (Wildman–Crippen LogP) is 0.882. The number of methoxy groups -OCH3 is 1. The number of esters is 1. The van der Waals surface area contributed by atoms with Crippen molar-refractivity contribution in [2.24, 2.45) is 0 Å². The van der Waals surface area contributed by atoms with E-state index in [1.54, 1.807) is 0 Å². The molecule has 0 aromatic heterocycles. The molecule has 7 nitrogen and oxygen atoms in total. The van der Waals surface area contributed by atoms with E-state index in [0.29, 0.717) is 6.54 Å². The molecule has 0 bridgehead atoms. The Morgan fingerprint density at radius 1 is 1.21 bits per heavy atom. The fourth-order valence-electron chi connectivity index (χ4n) is 1.41. The van der Waals surface area contributed by atoms with Gasteiger partial charge in [-0.15, -0.1) is 0 Å². The molecule has 0 spiro atoms. The minimum atomic E-state index is -1.27. The van der Waals surface area contributed by atoms with Gasteiger partial charge < -0.3 is 20.5 Å². The van der Waals surface area contributed by atoms with E-state index < -0.39 is 30.4 Å². The van der Waals surface area contributed by atoms with Crippen LogP contribution in [-0.2, 0) is 14.3 Å². The summed E-state index contributed by atoms with van der Waals surface area (Å²) in [7, 11) is 1.16. The van der Waals surface area contributed by atoms with Gasteiger partial charge in [-0.2, -0.15) is 0 Å². The summed E-state index contributed by atoms with van der Waals surface area (Å²) in [5.41, 5.74) is 0.